The Hall–Kier alpha value is -3.14. The molecule has 1 saturated heterocycles. The number of pyridine rings is 1. The molecule has 1 N–H and O–H groups in total. The van der Waals surface area contributed by atoms with Crippen LogP contribution in [0.2, 0.25) is 5.15 Å². The van der Waals surface area contributed by atoms with Crippen LogP contribution in [0.15, 0.2) is 24.5 Å². The molecule has 0 atom stereocenters. The molecule has 1 aliphatic rings. The highest BCUT2D eigenvalue weighted by Gasteiger charge is 2.20. The minimum atomic E-state index is -0.924. The zero-order valence-electron chi connectivity index (χ0n) is 15.0. The Balaban J connectivity index is 1.69. The first-order valence-electron chi connectivity index (χ1n) is 8.45. The van der Waals surface area contributed by atoms with Gasteiger partial charge in [-0.3, -0.25) is 0 Å². The topological polar surface area (TPSA) is 118 Å². The second kappa shape index (κ2) is 8.70. The molecule has 0 unspecified atom stereocenters. The second-order valence-electron chi connectivity index (χ2n) is 5.94. The van der Waals surface area contributed by atoms with E-state index in [9.17, 15) is 9.59 Å². The Bertz CT molecular complexity index is 864. The van der Waals surface area contributed by atoms with Crippen LogP contribution in [0, 0.1) is 0 Å². The highest BCUT2D eigenvalue weighted by Crippen LogP contribution is 2.23. The number of esters is 1. The van der Waals surface area contributed by atoms with E-state index in [0.717, 1.165) is 0 Å². The smallest absolute Gasteiger partial charge is 0.407 e. The van der Waals surface area contributed by atoms with Crippen molar-refractivity contribution in [3.8, 4) is 11.6 Å². The molecular weight excluding hydrogens is 390 g/mol. The number of carboxylic acid groups (broad SMARTS) is 1. The van der Waals surface area contributed by atoms with E-state index in [0.29, 0.717) is 44.3 Å². The lowest BCUT2D eigenvalue weighted by molar-refractivity contribution is 0.0600. The van der Waals surface area contributed by atoms with Crippen LogP contribution in [-0.4, -0.2) is 70.3 Å². The number of amides is 1. The van der Waals surface area contributed by atoms with Gasteiger partial charge in [-0.25, -0.2) is 24.5 Å². The zero-order chi connectivity index (χ0) is 20.1. The van der Waals surface area contributed by atoms with Gasteiger partial charge in [0.25, 0.3) is 0 Å². The maximum absolute atomic E-state index is 11.6. The fourth-order valence-electron chi connectivity index (χ4n) is 2.72. The number of carbonyl (C=O) groups excluding carboxylic acids is 1. The van der Waals surface area contributed by atoms with Crippen LogP contribution >= 0.6 is 11.6 Å². The summed E-state index contributed by atoms with van der Waals surface area (Å²) in [4.78, 5) is 38.6. The van der Waals surface area contributed by atoms with Crippen molar-refractivity contribution in [2.24, 2.45) is 0 Å². The SMILES string of the molecule is COC(=O)c1cc(Cl)nc(Oc2cnc(N3CCCN(C(=O)O)CC3)nc2)c1. The summed E-state index contributed by atoms with van der Waals surface area (Å²) >= 11 is 5.91. The molecule has 1 amide bonds. The van der Waals surface area contributed by atoms with Gasteiger partial charge in [0, 0.05) is 32.2 Å². The van der Waals surface area contributed by atoms with Gasteiger partial charge in [-0.15, -0.1) is 0 Å². The van der Waals surface area contributed by atoms with E-state index in [4.69, 9.17) is 21.4 Å². The van der Waals surface area contributed by atoms with E-state index in [1.165, 1.54) is 36.5 Å². The molecule has 148 valence electrons. The summed E-state index contributed by atoms with van der Waals surface area (Å²) in [5.41, 5.74) is 0.211. The zero-order valence-corrected chi connectivity index (χ0v) is 15.8. The van der Waals surface area contributed by atoms with E-state index in [1.54, 1.807) is 0 Å². The molecule has 0 saturated carbocycles. The second-order valence-corrected chi connectivity index (χ2v) is 6.33. The minimum absolute atomic E-state index is 0.0861. The monoisotopic (exact) mass is 407 g/mol. The third kappa shape index (κ3) is 4.77. The first-order chi connectivity index (χ1) is 13.5. The van der Waals surface area contributed by atoms with E-state index in [1.807, 2.05) is 4.90 Å². The van der Waals surface area contributed by atoms with Gasteiger partial charge in [0.1, 0.15) is 5.15 Å². The average Bonchev–Trinajstić information content (AvgIpc) is 2.94. The molecule has 0 aliphatic carbocycles. The number of carbonyl (C=O) groups is 2. The summed E-state index contributed by atoms with van der Waals surface area (Å²) in [6, 6.07) is 2.78. The Morgan fingerprint density at radius 2 is 1.89 bits per heavy atom. The molecule has 2 aromatic heterocycles. The number of rotatable bonds is 4. The van der Waals surface area contributed by atoms with Gasteiger partial charge in [-0.05, 0) is 12.5 Å². The van der Waals surface area contributed by atoms with Crippen LogP contribution in [0.1, 0.15) is 16.8 Å². The summed E-state index contributed by atoms with van der Waals surface area (Å²) in [5.74, 6) is 0.346. The molecule has 0 spiro atoms. The van der Waals surface area contributed by atoms with Crippen molar-refractivity contribution < 1.29 is 24.2 Å². The molecule has 0 aromatic carbocycles. The molecule has 3 rings (SSSR count). The Kier molecular flexibility index (Phi) is 6.09. The highest BCUT2D eigenvalue weighted by molar-refractivity contribution is 6.29. The number of aromatic nitrogens is 3. The van der Waals surface area contributed by atoms with Gasteiger partial charge < -0.3 is 24.4 Å². The summed E-state index contributed by atoms with van der Waals surface area (Å²) in [7, 11) is 1.27. The molecule has 0 bridgehead atoms. The number of hydrogen-bond acceptors (Lipinski definition) is 8. The van der Waals surface area contributed by atoms with Crippen LogP contribution in [0.4, 0.5) is 10.7 Å². The Morgan fingerprint density at radius 3 is 2.57 bits per heavy atom. The summed E-state index contributed by atoms with van der Waals surface area (Å²) in [6.07, 6.45) is 2.72. The van der Waals surface area contributed by atoms with Crippen molar-refractivity contribution in [3.05, 3.63) is 35.2 Å². The lowest BCUT2D eigenvalue weighted by Gasteiger charge is -2.20. The summed E-state index contributed by atoms with van der Waals surface area (Å²) in [5, 5.41) is 9.19. The molecular formula is C17H18ClN5O5. The lowest BCUT2D eigenvalue weighted by atomic mass is 10.3. The Labute approximate surface area is 165 Å². The third-order valence-corrected chi connectivity index (χ3v) is 4.27. The molecule has 10 nitrogen and oxygen atoms in total. The van der Waals surface area contributed by atoms with Gasteiger partial charge >= 0.3 is 12.1 Å². The fraction of sp³-hybridized carbons (Fsp3) is 0.353. The normalized spacial score (nSPS) is 14.4. The number of anilines is 1. The molecule has 3 heterocycles. The van der Waals surface area contributed by atoms with Crippen molar-refractivity contribution in [2.75, 3.05) is 38.2 Å². The summed E-state index contributed by atoms with van der Waals surface area (Å²) in [6.45, 7) is 2.03. The number of hydrogen-bond donors (Lipinski definition) is 1. The molecule has 1 fully saturated rings. The standard InChI is InChI=1S/C17H18ClN5O5/c1-27-15(24)11-7-13(18)21-14(8-11)28-12-9-19-16(20-10-12)22-3-2-4-23(6-5-22)17(25)26/h7-10H,2-6H2,1H3,(H,25,26). The minimum Gasteiger partial charge on any atom is -0.465 e. The predicted octanol–water partition coefficient (Wildman–Crippen LogP) is 2.29. The largest absolute Gasteiger partial charge is 0.465 e. The van der Waals surface area contributed by atoms with Gasteiger partial charge in [0.2, 0.25) is 11.8 Å². The van der Waals surface area contributed by atoms with Gasteiger partial charge in [-0.2, -0.15) is 0 Å². The first-order valence-corrected chi connectivity index (χ1v) is 8.82. The number of halogens is 1. The number of ether oxygens (including phenoxy) is 2. The van der Waals surface area contributed by atoms with E-state index in [2.05, 4.69) is 19.7 Å². The van der Waals surface area contributed by atoms with E-state index in [-0.39, 0.29) is 16.6 Å². The van der Waals surface area contributed by atoms with Crippen LogP contribution in [0.5, 0.6) is 11.6 Å². The van der Waals surface area contributed by atoms with Crippen molar-refractivity contribution >= 4 is 29.6 Å². The predicted molar refractivity (Wildman–Crippen MR) is 99.1 cm³/mol. The van der Waals surface area contributed by atoms with Gasteiger partial charge in [0.15, 0.2) is 5.75 Å². The van der Waals surface area contributed by atoms with Crippen LogP contribution in [0.3, 0.4) is 0 Å². The van der Waals surface area contributed by atoms with Crippen molar-refractivity contribution in [2.45, 2.75) is 6.42 Å². The number of nitrogens with zero attached hydrogens (tertiary/aromatic N) is 5. The Morgan fingerprint density at radius 1 is 1.14 bits per heavy atom. The summed E-state index contributed by atoms with van der Waals surface area (Å²) < 4.78 is 10.2. The first kappa shape index (κ1) is 19.6. The van der Waals surface area contributed by atoms with Crippen molar-refractivity contribution in [1.29, 1.82) is 0 Å². The van der Waals surface area contributed by atoms with Gasteiger partial charge in [-0.1, -0.05) is 11.6 Å². The third-order valence-electron chi connectivity index (χ3n) is 4.08. The van der Waals surface area contributed by atoms with E-state index < -0.39 is 12.1 Å². The van der Waals surface area contributed by atoms with Gasteiger partial charge in [0.05, 0.1) is 25.1 Å². The quantitative estimate of drug-likeness (QED) is 0.601. The van der Waals surface area contributed by atoms with Crippen molar-refractivity contribution in [1.82, 2.24) is 19.9 Å². The van der Waals surface area contributed by atoms with Crippen LogP contribution in [0.25, 0.3) is 0 Å². The maximum atomic E-state index is 11.6. The van der Waals surface area contributed by atoms with E-state index >= 15 is 0 Å². The molecule has 1 aliphatic heterocycles. The van der Waals surface area contributed by atoms with Crippen molar-refractivity contribution in [3.63, 3.8) is 0 Å². The lowest BCUT2D eigenvalue weighted by Crippen LogP contribution is -2.34. The van der Waals surface area contributed by atoms with Crippen LogP contribution < -0.4 is 9.64 Å². The van der Waals surface area contributed by atoms with Crippen LogP contribution in [-0.2, 0) is 4.74 Å². The highest BCUT2D eigenvalue weighted by atomic mass is 35.5. The molecule has 11 heteroatoms. The molecule has 0 radical (unpaired) electrons. The maximum Gasteiger partial charge on any atom is 0.407 e. The molecule has 2 aromatic rings. The fourth-order valence-corrected chi connectivity index (χ4v) is 2.92. The molecule has 28 heavy (non-hydrogen) atoms. The average molecular weight is 408 g/mol. The number of methoxy groups -OCH3 is 1.